The molecule has 2 heteroatoms. The zero-order valence-corrected chi connectivity index (χ0v) is 10.9. The second kappa shape index (κ2) is 5.31. The minimum absolute atomic E-state index is 0.299. The summed E-state index contributed by atoms with van der Waals surface area (Å²) >= 11 is 0. The van der Waals surface area contributed by atoms with Gasteiger partial charge >= 0.3 is 0 Å². The number of rotatable bonds is 2. The van der Waals surface area contributed by atoms with Gasteiger partial charge in [0.1, 0.15) is 0 Å². The normalized spacial score (nSPS) is 27.4. The molecule has 15 heavy (non-hydrogen) atoms. The number of likely N-dealkylation sites (tertiary alicyclic amines) is 1. The van der Waals surface area contributed by atoms with Crippen molar-refractivity contribution in [2.45, 2.75) is 65.5 Å². The second-order valence-corrected chi connectivity index (χ2v) is 6.05. The average Bonchev–Trinajstić information content (AvgIpc) is 2.31. The van der Waals surface area contributed by atoms with Gasteiger partial charge in [0, 0.05) is 18.6 Å². The van der Waals surface area contributed by atoms with Gasteiger partial charge < -0.3 is 5.73 Å². The Hall–Kier alpha value is -0.0800. The molecule has 1 fully saturated rings. The molecule has 1 aliphatic rings. The summed E-state index contributed by atoms with van der Waals surface area (Å²) in [6.07, 6.45) is 5.46. The van der Waals surface area contributed by atoms with E-state index in [1.54, 1.807) is 0 Å². The maximum Gasteiger partial charge on any atom is 0.0269 e. The predicted molar refractivity (Wildman–Crippen MR) is 66.9 cm³/mol. The SMILES string of the molecule is CC1CCCCCN1C(CN)C(C)(C)C. The summed E-state index contributed by atoms with van der Waals surface area (Å²) in [5.41, 5.74) is 6.26. The molecule has 0 spiro atoms. The van der Waals surface area contributed by atoms with Crippen molar-refractivity contribution >= 4 is 0 Å². The van der Waals surface area contributed by atoms with Gasteiger partial charge in [-0.2, -0.15) is 0 Å². The summed E-state index contributed by atoms with van der Waals surface area (Å²) in [6, 6.07) is 1.24. The van der Waals surface area contributed by atoms with Gasteiger partial charge in [-0.1, -0.05) is 33.6 Å². The Balaban J connectivity index is 2.72. The first-order chi connectivity index (χ1) is 6.96. The predicted octanol–water partition coefficient (Wildman–Crippen LogP) is 2.62. The molecule has 1 rings (SSSR count). The minimum Gasteiger partial charge on any atom is -0.329 e. The fraction of sp³-hybridized carbons (Fsp3) is 1.00. The minimum atomic E-state index is 0.299. The molecular weight excluding hydrogens is 184 g/mol. The highest BCUT2D eigenvalue weighted by Gasteiger charge is 2.32. The van der Waals surface area contributed by atoms with E-state index in [-0.39, 0.29) is 0 Å². The number of hydrogen-bond acceptors (Lipinski definition) is 2. The van der Waals surface area contributed by atoms with Gasteiger partial charge in [-0.15, -0.1) is 0 Å². The summed E-state index contributed by atoms with van der Waals surface area (Å²) < 4.78 is 0. The van der Waals surface area contributed by atoms with Crippen molar-refractivity contribution in [1.82, 2.24) is 4.90 Å². The van der Waals surface area contributed by atoms with Crippen LogP contribution in [0.4, 0.5) is 0 Å². The largest absolute Gasteiger partial charge is 0.329 e. The fourth-order valence-corrected chi connectivity index (χ4v) is 2.75. The highest BCUT2D eigenvalue weighted by atomic mass is 15.2. The van der Waals surface area contributed by atoms with Crippen molar-refractivity contribution in [2.75, 3.05) is 13.1 Å². The molecule has 0 aromatic carbocycles. The fourth-order valence-electron chi connectivity index (χ4n) is 2.75. The zero-order valence-electron chi connectivity index (χ0n) is 10.9. The molecule has 2 nitrogen and oxygen atoms in total. The maximum absolute atomic E-state index is 5.96. The molecule has 2 unspecified atom stereocenters. The summed E-state index contributed by atoms with van der Waals surface area (Å²) in [5, 5.41) is 0. The third-order valence-corrected chi connectivity index (χ3v) is 3.73. The Kier molecular flexibility index (Phi) is 4.60. The van der Waals surface area contributed by atoms with Crippen LogP contribution in [0.1, 0.15) is 53.4 Å². The van der Waals surface area contributed by atoms with E-state index in [9.17, 15) is 0 Å². The van der Waals surface area contributed by atoms with Gasteiger partial charge in [0.15, 0.2) is 0 Å². The molecule has 0 saturated carbocycles. The molecule has 0 aromatic heterocycles. The number of nitrogens with zero attached hydrogens (tertiary/aromatic N) is 1. The van der Waals surface area contributed by atoms with E-state index in [2.05, 4.69) is 32.6 Å². The Bertz CT molecular complexity index is 183. The van der Waals surface area contributed by atoms with Crippen LogP contribution in [0.3, 0.4) is 0 Å². The zero-order chi connectivity index (χ0) is 11.5. The molecule has 0 aromatic rings. The molecule has 90 valence electrons. The highest BCUT2D eigenvalue weighted by molar-refractivity contribution is 4.87. The van der Waals surface area contributed by atoms with Crippen LogP contribution in [0.15, 0.2) is 0 Å². The molecular formula is C13H28N2. The first-order valence-corrected chi connectivity index (χ1v) is 6.42. The van der Waals surface area contributed by atoms with Crippen molar-refractivity contribution in [1.29, 1.82) is 0 Å². The lowest BCUT2D eigenvalue weighted by Gasteiger charge is -2.42. The average molecular weight is 212 g/mol. The quantitative estimate of drug-likeness (QED) is 0.762. The Labute approximate surface area is 95.2 Å². The van der Waals surface area contributed by atoms with E-state index in [0.717, 1.165) is 6.54 Å². The highest BCUT2D eigenvalue weighted by Crippen LogP contribution is 2.28. The van der Waals surface area contributed by atoms with Gasteiger partial charge in [0.25, 0.3) is 0 Å². The van der Waals surface area contributed by atoms with Gasteiger partial charge in [-0.05, 0) is 31.7 Å². The van der Waals surface area contributed by atoms with Crippen LogP contribution in [0.25, 0.3) is 0 Å². The molecule has 0 aliphatic carbocycles. The molecule has 2 N–H and O–H groups in total. The Morgan fingerprint density at radius 3 is 2.47 bits per heavy atom. The van der Waals surface area contributed by atoms with Gasteiger partial charge in [-0.3, -0.25) is 4.90 Å². The van der Waals surface area contributed by atoms with Crippen molar-refractivity contribution in [2.24, 2.45) is 11.1 Å². The Morgan fingerprint density at radius 2 is 1.93 bits per heavy atom. The molecule has 0 bridgehead atoms. The lowest BCUT2D eigenvalue weighted by molar-refractivity contribution is 0.0722. The lowest BCUT2D eigenvalue weighted by Crippen LogP contribution is -2.52. The molecule has 2 atom stereocenters. The first-order valence-electron chi connectivity index (χ1n) is 6.42. The topological polar surface area (TPSA) is 29.3 Å². The van der Waals surface area contributed by atoms with E-state index >= 15 is 0 Å². The molecule has 0 amide bonds. The van der Waals surface area contributed by atoms with Crippen LogP contribution in [0.5, 0.6) is 0 Å². The van der Waals surface area contributed by atoms with Crippen LogP contribution in [0, 0.1) is 5.41 Å². The Morgan fingerprint density at radius 1 is 1.27 bits per heavy atom. The van der Waals surface area contributed by atoms with Crippen LogP contribution >= 0.6 is 0 Å². The molecule has 1 saturated heterocycles. The van der Waals surface area contributed by atoms with Gasteiger partial charge in [-0.25, -0.2) is 0 Å². The van der Waals surface area contributed by atoms with E-state index in [1.807, 2.05) is 0 Å². The van der Waals surface area contributed by atoms with Gasteiger partial charge in [0.05, 0.1) is 0 Å². The van der Waals surface area contributed by atoms with Crippen LogP contribution < -0.4 is 5.73 Å². The molecule has 0 radical (unpaired) electrons. The van der Waals surface area contributed by atoms with Crippen LogP contribution in [-0.2, 0) is 0 Å². The first kappa shape index (κ1) is 13.0. The van der Waals surface area contributed by atoms with E-state index in [1.165, 1.54) is 32.2 Å². The smallest absolute Gasteiger partial charge is 0.0269 e. The monoisotopic (exact) mass is 212 g/mol. The second-order valence-electron chi connectivity index (χ2n) is 6.05. The third-order valence-electron chi connectivity index (χ3n) is 3.73. The molecule has 1 aliphatic heterocycles. The maximum atomic E-state index is 5.96. The van der Waals surface area contributed by atoms with Gasteiger partial charge in [0.2, 0.25) is 0 Å². The molecule has 1 heterocycles. The third kappa shape index (κ3) is 3.46. The number of hydrogen-bond donors (Lipinski definition) is 1. The summed E-state index contributed by atoms with van der Waals surface area (Å²) in [5.74, 6) is 0. The summed E-state index contributed by atoms with van der Waals surface area (Å²) in [7, 11) is 0. The van der Waals surface area contributed by atoms with E-state index in [4.69, 9.17) is 5.73 Å². The summed E-state index contributed by atoms with van der Waals surface area (Å²) in [6.45, 7) is 11.3. The van der Waals surface area contributed by atoms with E-state index in [0.29, 0.717) is 17.5 Å². The standard InChI is InChI=1S/C13H28N2/c1-11-8-6-5-7-9-15(11)12(10-14)13(2,3)4/h11-12H,5-10,14H2,1-4H3. The van der Waals surface area contributed by atoms with Crippen molar-refractivity contribution in [3.63, 3.8) is 0 Å². The van der Waals surface area contributed by atoms with Crippen molar-refractivity contribution < 1.29 is 0 Å². The van der Waals surface area contributed by atoms with Crippen LogP contribution in [0.2, 0.25) is 0 Å². The lowest BCUT2D eigenvalue weighted by atomic mass is 9.84. The van der Waals surface area contributed by atoms with Crippen molar-refractivity contribution in [3.8, 4) is 0 Å². The van der Waals surface area contributed by atoms with Crippen LogP contribution in [-0.4, -0.2) is 30.1 Å². The van der Waals surface area contributed by atoms with E-state index < -0.39 is 0 Å². The van der Waals surface area contributed by atoms with Crippen molar-refractivity contribution in [3.05, 3.63) is 0 Å². The number of nitrogens with two attached hydrogens (primary N) is 1. The summed E-state index contributed by atoms with van der Waals surface area (Å²) in [4.78, 5) is 2.65.